The van der Waals surface area contributed by atoms with Crippen molar-refractivity contribution in [2.24, 2.45) is 11.3 Å². The van der Waals surface area contributed by atoms with Gasteiger partial charge < -0.3 is 10.2 Å². The minimum Gasteiger partial charge on any atom is -0.339 e. The zero-order chi connectivity index (χ0) is 15.9. The number of nitrogens with one attached hydrogen (secondary N) is 1. The molecule has 0 aromatic heterocycles. The number of nitrogens with zero attached hydrogens (tertiary/aromatic N) is 1. The summed E-state index contributed by atoms with van der Waals surface area (Å²) in [7, 11) is 0. The van der Waals surface area contributed by atoms with Crippen molar-refractivity contribution in [2.45, 2.75) is 44.6 Å². The average Bonchev–Trinajstić information content (AvgIpc) is 3.46. The maximum absolute atomic E-state index is 13.3. The van der Waals surface area contributed by atoms with Crippen LogP contribution in [0.1, 0.15) is 37.7 Å². The molecule has 1 aromatic rings. The van der Waals surface area contributed by atoms with E-state index >= 15 is 0 Å². The van der Waals surface area contributed by atoms with E-state index in [1.165, 1.54) is 6.07 Å². The Labute approximate surface area is 137 Å². The van der Waals surface area contributed by atoms with Gasteiger partial charge in [0.15, 0.2) is 0 Å². The molecule has 1 spiro atoms. The molecule has 3 aliphatic rings. The Morgan fingerprint density at radius 2 is 2.09 bits per heavy atom. The maximum atomic E-state index is 13.3. The molecule has 1 saturated heterocycles. The Kier molecular flexibility index (Phi) is 3.88. The van der Waals surface area contributed by atoms with Crippen molar-refractivity contribution in [2.75, 3.05) is 19.6 Å². The third-order valence-electron chi connectivity index (χ3n) is 5.89. The van der Waals surface area contributed by atoms with Crippen LogP contribution in [0.4, 0.5) is 4.39 Å². The molecule has 23 heavy (non-hydrogen) atoms. The van der Waals surface area contributed by atoms with Crippen LogP contribution in [0, 0.1) is 17.2 Å². The highest BCUT2D eigenvalue weighted by Crippen LogP contribution is 2.59. The van der Waals surface area contributed by atoms with Crippen molar-refractivity contribution in [1.29, 1.82) is 0 Å². The fourth-order valence-corrected chi connectivity index (χ4v) is 4.18. The first-order valence-electron chi connectivity index (χ1n) is 8.94. The van der Waals surface area contributed by atoms with Gasteiger partial charge in [0.25, 0.3) is 0 Å². The molecule has 2 aliphatic carbocycles. The number of rotatable bonds is 5. The van der Waals surface area contributed by atoms with Gasteiger partial charge in [-0.3, -0.25) is 4.79 Å². The molecule has 0 bridgehead atoms. The summed E-state index contributed by atoms with van der Waals surface area (Å²) < 4.78 is 13.3. The summed E-state index contributed by atoms with van der Waals surface area (Å²) in [5.41, 5.74) is 1.28. The van der Waals surface area contributed by atoms with Gasteiger partial charge in [-0.25, -0.2) is 4.39 Å². The van der Waals surface area contributed by atoms with Gasteiger partial charge in [0.2, 0.25) is 5.91 Å². The Morgan fingerprint density at radius 3 is 2.78 bits per heavy atom. The first kappa shape index (κ1) is 15.1. The predicted molar refractivity (Wildman–Crippen MR) is 87.5 cm³/mol. The number of hydrogen-bond acceptors (Lipinski definition) is 2. The number of carbonyl (C=O) groups is 1. The molecule has 0 radical (unpaired) electrons. The Morgan fingerprint density at radius 1 is 1.30 bits per heavy atom. The minimum atomic E-state index is -0.192. The highest BCUT2D eigenvalue weighted by molar-refractivity contribution is 5.83. The van der Waals surface area contributed by atoms with Gasteiger partial charge in [-0.15, -0.1) is 0 Å². The zero-order valence-electron chi connectivity index (χ0n) is 13.6. The SMILES string of the molecule is O=C(C1CC12CCNCC2)N(CCc1cccc(F)c1)C1CC1. The van der Waals surface area contributed by atoms with E-state index in [2.05, 4.69) is 10.2 Å². The van der Waals surface area contributed by atoms with Crippen LogP contribution < -0.4 is 5.32 Å². The average molecular weight is 316 g/mol. The van der Waals surface area contributed by atoms with Crippen molar-refractivity contribution in [3.8, 4) is 0 Å². The molecule has 1 N–H and O–H groups in total. The first-order chi connectivity index (χ1) is 11.2. The lowest BCUT2D eigenvalue weighted by Crippen LogP contribution is -2.39. The second-order valence-corrected chi connectivity index (χ2v) is 7.51. The number of hydrogen-bond donors (Lipinski definition) is 1. The van der Waals surface area contributed by atoms with Crippen LogP contribution >= 0.6 is 0 Å². The minimum absolute atomic E-state index is 0.192. The molecule has 124 valence electrons. The van der Waals surface area contributed by atoms with Gasteiger partial charge in [0.05, 0.1) is 0 Å². The molecular formula is C19H25FN2O. The second kappa shape index (κ2) is 5.90. The van der Waals surface area contributed by atoms with Crippen LogP contribution in [0.2, 0.25) is 0 Å². The summed E-state index contributed by atoms with van der Waals surface area (Å²) in [5.74, 6) is 0.422. The predicted octanol–water partition coefficient (Wildman–Crippen LogP) is 2.75. The van der Waals surface area contributed by atoms with Gasteiger partial charge in [0.1, 0.15) is 5.82 Å². The van der Waals surface area contributed by atoms with Gasteiger partial charge >= 0.3 is 0 Å². The van der Waals surface area contributed by atoms with E-state index < -0.39 is 0 Å². The van der Waals surface area contributed by atoms with Crippen LogP contribution in [0.5, 0.6) is 0 Å². The topological polar surface area (TPSA) is 32.3 Å². The number of benzene rings is 1. The van der Waals surface area contributed by atoms with Crippen LogP contribution in [0.3, 0.4) is 0 Å². The van der Waals surface area contributed by atoms with E-state index in [0.29, 0.717) is 17.4 Å². The van der Waals surface area contributed by atoms with Crippen molar-refractivity contribution < 1.29 is 9.18 Å². The van der Waals surface area contributed by atoms with Crippen molar-refractivity contribution in [3.63, 3.8) is 0 Å². The molecular weight excluding hydrogens is 291 g/mol. The monoisotopic (exact) mass is 316 g/mol. The van der Waals surface area contributed by atoms with Gasteiger partial charge in [-0.1, -0.05) is 12.1 Å². The molecule has 1 atom stereocenters. The van der Waals surface area contributed by atoms with Gasteiger partial charge in [-0.05, 0) is 74.7 Å². The molecule has 1 unspecified atom stereocenters. The molecule has 1 aliphatic heterocycles. The molecule has 4 heteroatoms. The number of carbonyl (C=O) groups excluding carboxylic acids is 1. The van der Waals surface area contributed by atoms with E-state index in [1.54, 1.807) is 12.1 Å². The Hall–Kier alpha value is -1.42. The lowest BCUT2D eigenvalue weighted by molar-refractivity contribution is -0.134. The fraction of sp³-hybridized carbons (Fsp3) is 0.632. The summed E-state index contributed by atoms with van der Waals surface area (Å²) in [6.45, 7) is 2.84. The van der Waals surface area contributed by atoms with Gasteiger partial charge in [0, 0.05) is 18.5 Å². The number of piperidine rings is 1. The van der Waals surface area contributed by atoms with E-state index in [1.807, 2.05) is 6.07 Å². The first-order valence-corrected chi connectivity index (χ1v) is 8.94. The van der Waals surface area contributed by atoms with Gasteiger partial charge in [-0.2, -0.15) is 0 Å². The van der Waals surface area contributed by atoms with Crippen molar-refractivity contribution in [3.05, 3.63) is 35.6 Å². The Bertz CT molecular complexity index is 593. The molecule has 4 rings (SSSR count). The van der Waals surface area contributed by atoms with Crippen LogP contribution in [0.25, 0.3) is 0 Å². The molecule has 3 nitrogen and oxygen atoms in total. The second-order valence-electron chi connectivity index (χ2n) is 7.51. The summed E-state index contributed by atoms with van der Waals surface area (Å²) >= 11 is 0. The van der Waals surface area contributed by atoms with E-state index in [0.717, 1.165) is 63.7 Å². The summed E-state index contributed by atoms with van der Waals surface area (Å²) in [5, 5.41) is 3.40. The quantitative estimate of drug-likeness (QED) is 0.906. The third-order valence-corrected chi connectivity index (χ3v) is 5.89. The van der Waals surface area contributed by atoms with Crippen LogP contribution in [0.15, 0.2) is 24.3 Å². The molecule has 1 heterocycles. The highest BCUT2D eigenvalue weighted by atomic mass is 19.1. The summed E-state index contributed by atoms with van der Waals surface area (Å²) in [6, 6.07) is 7.19. The molecule has 1 aromatic carbocycles. The normalized spacial score (nSPS) is 25.3. The maximum Gasteiger partial charge on any atom is 0.226 e. The molecule has 3 fully saturated rings. The molecule has 1 amide bonds. The lowest BCUT2D eigenvalue weighted by Gasteiger charge is -2.27. The largest absolute Gasteiger partial charge is 0.339 e. The van der Waals surface area contributed by atoms with E-state index in [9.17, 15) is 9.18 Å². The van der Waals surface area contributed by atoms with Crippen molar-refractivity contribution in [1.82, 2.24) is 10.2 Å². The molecule has 2 saturated carbocycles. The highest BCUT2D eigenvalue weighted by Gasteiger charge is 2.59. The van der Waals surface area contributed by atoms with Crippen LogP contribution in [-0.4, -0.2) is 36.5 Å². The zero-order valence-corrected chi connectivity index (χ0v) is 13.6. The third kappa shape index (κ3) is 3.14. The lowest BCUT2D eigenvalue weighted by atomic mass is 9.91. The number of halogens is 1. The fourth-order valence-electron chi connectivity index (χ4n) is 4.18. The van der Waals surface area contributed by atoms with Crippen molar-refractivity contribution >= 4 is 5.91 Å². The van der Waals surface area contributed by atoms with Crippen LogP contribution in [-0.2, 0) is 11.2 Å². The summed E-state index contributed by atoms with van der Waals surface area (Å²) in [6.07, 6.45) is 6.39. The van der Waals surface area contributed by atoms with E-state index in [4.69, 9.17) is 0 Å². The Balaban J connectivity index is 1.39. The van der Waals surface area contributed by atoms with E-state index in [-0.39, 0.29) is 11.7 Å². The smallest absolute Gasteiger partial charge is 0.226 e. The standard InChI is InChI=1S/C19H25FN2O/c20-15-3-1-2-14(12-15)6-11-22(16-4-5-16)18(23)17-13-19(17)7-9-21-10-8-19/h1-3,12,16-17,21H,4-11,13H2. The number of amides is 1. The summed E-state index contributed by atoms with van der Waals surface area (Å²) in [4.78, 5) is 15.1.